The van der Waals surface area contributed by atoms with Crippen molar-refractivity contribution < 1.29 is 19.4 Å². The van der Waals surface area contributed by atoms with Crippen molar-refractivity contribution in [2.24, 2.45) is 0 Å². The summed E-state index contributed by atoms with van der Waals surface area (Å²) in [6, 6.07) is 4.58. The Bertz CT molecular complexity index is 351. The molecule has 5 heteroatoms. The van der Waals surface area contributed by atoms with Crippen molar-refractivity contribution in [1.29, 1.82) is 0 Å². The lowest BCUT2D eigenvalue weighted by Gasteiger charge is -2.08. The van der Waals surface area contributed by atoms with Gasteiger partial charge in [-0.25, -0.2) is 4.79 Å². The fourth-order valence-corrected chi connectivity index (χ4v) is 1.09. The molecule has 0 heterocycles. The molecule has 1 rings (SSSR count). The molecule has 0 bridgehead atoms. The summed E-state index contributed by atoms with van der Waals surface area (Å²) in [5, 5.41) is 11.6. The molecule has 82 valence electrons. The number of hydrogen-bond acceptors (Lipinski definition) is 4. The molecular weight excluding hydrogens is 198 g/mol. The second-order valence-corrected chi connectivity index (χ2v) is 2.81. The highest BCUT2D eigenvalue weighted by Gasteiger charge is 2.11. The first-order chi connectivity index (χ1) is 7.19. The summed E-state index contributed by atoms with van der Waals surface area (Å²) < 4.78 is 10.2. The summed E-state index contributed by atoms with van der Waals surface area (Å²) in [4.78, 5) is 10.8. The van der Waals surface area contributed by atoms with E-state index in [1.165, 1.54) is 13.2 Å². The van der Waals surface area contributed by atoms with Crippen LogP contribution in [0.4, 0.5) is 0 Å². The van der Waals surface area contributed by atoms with Gasteiger partial charge in [0, 0.05) is 6.07 Å². The van der Waals surface area contributed by atoms with Gasteiger partial charge in [-0.05, 0) is 19.2 Å². The maximum absolute atomic E-state index is 10.8. The van der Waals surface area contributed by atoms with E-state index in [2.05, 4.69) is 5.32 Å². The molecule has 5 nitrogen and oxygen atoms in total. The Morgan fingerprint density at radius 3 is 2.80 bits per heavy atom. The van der Waals surface area contributed by atoms with Crippen molar-refractivity contribution >= 4 is 5.97 Å². The third-order valence-corrected chi connectivity index (χ3v) is 1.79. The van der Waals surface area contributed by atoms with Crippen LogP contribution in [0.5, 0.6) is 11.5 Å². The molecule has 0 spiro atoms. The number of carboxylic acid groups (broad SMARTS) is 1. The highest BCUT2D eigenvalue weighted by atomic mass is 16.5. The average molecular weight is 211 g/mol. The van der Waals surface area contributed by atoms with Gasteiger partial charge in [0.25, 0.3) is 0 Å². The van der Waals surface area contributed by atoms with Gasteiger partial charge in [0.15, 0.2) is 0 Å². The maximum Gasteiger partial charge on any atom is 0.339 e. The van der Waals surface area contributed by atoms with E-state index < -0.39 is 5.97 Å². The number of carbonyl (C=O) groups is 1. The minimum absolute atomic E-state index is 0.120. The second-order valence-electron chi connectivity index (χ2n) is 2.81. The summed E-state index contributed by atoms with van der Waals surface area (Å²) in [7, 11) is 3.17. The number of methoxy groups -OCH3 is 1. The fraction of sp³-hybridized carbons (Fsp3) is 0.300. The molecular formula is C10H13NO4. The van der Waals surface area contributed by atoms with Gasteiger partial charge in [-0.3, -0.25) is 5.32 Å². The van der Waals surface area contributed by atoms with Gasteiger partial charge in [-0.1, -0.05) is 0 Å². The molecule has 1 aromatic rings. The summed E-state index contributed by atoms with van der Waals surface area (Å²) >= 11 is 0. The summed E-state index contributed by atoms with van der Waals surface area (Å²) in [5.41, 5.74) is 0.120. The zero-order chi connectivity index (χ0) is 11.3. The predicted molar refractivity (Wildman–Crippen MR) is 54.5 cm³/mol. The second kappa shape index (κ2) is 5.21. The van der Waals surface area contributed by atoms with E-state index in [-0.39, 0.29) is 11.3 Å². The van der Waals surface area contributed by atoms with Crippen LogP contribution in [0.25, 0.3) is 0 Å². The molecule has 15 heavy (non-hydrogen) atoms. The molecule has 0 atom stereocenters. The molecule has 0 saturated heterocycles. The topological polar surface area (TPSA) is 67.8 Å². The van der Waals surface area contributed by atoms with Crippen LogP contribution in [-0.4, -0.2) is 32.0 Å². The first-order valence-electron chi connectivity index (χ1n) is 4.37. The highest BCUT2D eigenvalue weighted by molar-refractivity contribution is 5.91. The van der Waals surface area contributed by atoms with E-state index in [0.717, 1.165) is 0 Å². The van der Waals surface area contributed by atoms with E-state index in [1.54, 1.807) is 19.2 Å². The van der Waals surface area contributed by atoms with Gasteiger partial charge in [-0.2, -0.15) is 0 Å². The standard InChI is InChI=1S/C10H13NO4/c1-11-6-15-7-3-4-8(10(12)13)9(5-7)14-2/h3-5,11H,6H2,1-2H3,(H,12,13). The molecule has 0 amide bonds. The Hall–Kier alpha value is -1.75. The maximum atomic E-state index is 10.8. The van der Waals surface area contributed by atoms with E-state index in [0.29, 0.717) is 12.5 Å². The number of hydrogen-bond donors (Lipinski definition) is 2. The number of aromatic carboxylic acids is 1. The van der Waals surface area contributed by atoms with Gasteiger partial charge in [0.2, 0.25) is 0 Å². The average Bonchev–Trinajstić information content (AvgIpc) is 2.25. The van der Waals surface area contributed by atoms with Gasteiger partial charge >= 0.3 is 5.97 Å². The predicted octanol–water partition coefficient (Wildman–Crippen LogP) is 0.949. The van der Waals surface area contributed by atoms with Crippen LogP contribution in [0, 0.1) is 0 Å². The first kappa shape index (κ1) is 11.3. The number of nitrogens with one attached hydrogen (secondary N) is 1. The third kappa shape index (κ3) is 2.85. The molecule has 0 aliphatic heterocycles. The van der Waals surface area contributed by atoms with Crippen LogP contribution in [0.1, 0.15) is 10.4 Å². The molecule has 0 aromatic heterocycles. The Morgan fingerprint density at radius 2 is 2.27 bits per heavy atom. The first-order valence-corrected chi connectivity index (χ1v) is 4.37. The number of benzene rings is 1. The Labute approximate surface area is 87.6 Å². The molecule has 0 aliphatic carbocycles. The van der Waals surface area contributed by atoms with E-state index in [1.807, 2.05) is 0 Å². The summed E-state index contributed by atoms with van der Waals surface area (Å²) in [6.07, 6.45) is 0. The largest absolute Gasteiger partial charge is 0.496 e. The Balaban J connectivity index is 2.92. The molecule has 2 N–H and O–H groups in total. The quantitative estimate of drug-likeness (QED) is 0.710. The smallest absolute Gasteiger partial charge is 0.339 e. The van der Waals surface area contributed by atoms with Crippen molar-refractivity contribution in [3.8, 4) is 11.5 Å². The Morgan fingerprint density at radius 1 is 1.53 bits per heavy atom. The van der Waals surface area contributed by atoms with Gasteiger partial charge in [0.1, 0.15) is 23.8 Å². The van der Waals surface area contributed by atoms with Gasteiger partial charge in [-0.15, -0.1) is 0 Å². The van der Waals surface area contributed by atoms with Crippen LogP contribution in [0.2, 0.25) is 0 Å². The molecule has 0 aliphatic rings. The van der Waals surface area contributed by atoms with Crippen molar-refractivity contribution in [2.45, 2.75) is 0 Å². The van der Waals surface area contributed by atoms with E-state index in [9.17, 15) is 4.79 Å². The number of ether oxygens (including phenoxy) is 2. The lowest BCUT2D eigenvalue weighted by molar-refractivity contribution is 0.0693. The third-order valence-electron chi connectivity index (χ3n) is 1.79. The normalized spacial score (nSPS) is 9.73. The van der Waals surface area contributed by atoms with E-state index >= 15 is 0 Å². The lowest BCUT2D eigenvalue weighted by atomic mass is 10.2. The molecule has 1 aromatic carbocycles. The molecule has 0 saturated carbocycles. The molecule has 0 fully saturated rings. The fourth-order valence-electron chi connectivity index (χ4n) is 1.09. The van der Waals surface area contributed by atoms with Crippen molar-refractivity contribution in [1.82, 2.24) is 5.32 Å². The van der Waals surface area contributed by atoms with Crippen LogP contribution in [-0.2, 0) is 0 Å². The van der Waals surface area contributed by atoms with Crippen LogP contribution < -0.4 is 14.8 Å². The number of carboxylic acids is 1. The van der Waals surface area contributed by atoms with Crippen LogP contribution >= 0.6 is 0 Å². The molecule has 0 unspecified atom stereocenters. The van der Waals surface area contributed by atoms with Crippen LogP contribution in [0.3, 0.4) is 0 Å². The van der Waals surface area contributed by atoms with Gasteiger partial charge in [0.05, 0.1) is 7.11 Å². The zero-order valence-electron chi connectivity index (χ0n) is 8.61. The van der Waals surface area contributed by atoms with Crippen molar-refractivity contribution in [3.63, 3.8) is 0 Å². The molecule has 0 radical (unpaired) electrons. The van der Waals surface area contributed by atoms with Gasteiger partial charge < -0.3 is 14.6 Å². The van der Waals surface area contributed by atoms with Crippen LogP contribution in [0.15, 0.2) is 18.2 Å². The zero-order valence-corrected chi connectivity index (χ0v) is 8.61. The monoisotopic (exact) mass is 211 g/mol. The van der Waals surface area contributed by atoms with Crippen molar-refractivity contribution in [2.75, 3.05) is 20.9 Å². The van der Waals surface area contributed by atoms with E-state index in [4.69, 9.17) is 14.6 Å². The van der Waals surface area contributed by atoms with Crippen molar-refractivity contribution in [3.05, 3.63) is 23.8 Å². The summed E-state index contributed by atoms with van der Waals surface area (Å²) in [5.74, 6) is -0.172. The summed E-state index contributed by atoms with van der Waals surface area (Å²) in [6.45, 7) is 0.357. The SMILES string of the molecule is CNCOc1ccc(C(=O)O)c(OC)c1. The minimum Gasteiger partial charge on any atom is -0.496 e. The highest BCUT2D eigenvalue weighted by Crippen LogP contribution is 2.24. The minimum atomic E-state index is -1.02. The number of rotatable bonds is 5. The lowest BCUT2D eigenvalue weighted by Crippen LogP contribution is -2.14. The Kier molecular flexibility index (Phi) is 3.93.